The van der Waals surface area contributed by atoms with Crippen LogP contribution in [0.3, 0.4) is 0 Å². The highest BCUT2D eigenvalue weighted by molar-refractivity contribution is 14.0. The largest absolute Gasteiger partial charge is 0.466 e. The van der Waals surface area contributed by atoms with Crippen molar-refractivity contribution >= 4 is 35.9 Å². The van der Waals surface area contributed by atoms with Crippen molar-refractivity contribution in [3.63, 3.8) is 0 Å². The molecule has 0 bridgehead atoms. The number of likely N-dealkylation sites (tertiary alicyclic amines) is 1. The molecule has 0 saturated carbocycles. The second-order valence-electron chi connectivity index (χ2n) is 7.71. The molecule has 2 aromatic rings. The maximum atomic E-state index is 11.9. The molecule has 1 heterocycles. The van der Waals surface area contributed by atoms with Gasteiger partial charge in [-0.1, -0.05) is 54.6 Å². The van der Waals surface area contributed by atoms with E-state index in [1.807, 2.05) is 25.1 Å². The second-order valence-corrected chi connectivity index (χ2v) is 7.71. The average molecular weight is 551 g/mol. The summed E-state index contributed by atoms with van der Waals surface area (Å²) in [4.78, 5) is 18.5. The van der Waals surface area contributed by atoms with Crippen molar-refractivity contribution in [1.82, 2.24) is 10.2 Å². The topological polar surface area (TPSA) is 63.2 Å². The van der Waals surface area contributed by atoms with Crippen molar-refractivity contribution in [2.45, 2.75) is 39.5 Å². The van der Waals surface area contributed by atoms with E-state index in [1.54, 1.807) is 7.05 Å². The Morgan fingerprint density at radius 3 is 2.19 bits per heavy atom. The third-order valence-electron chi connectivity index (χ3n) is 5.48. The van der Waals surface area contributed by atoms with Gasteiger partial charge in [-0.2, -0.15) is 0 Å². The predicted molar refractivity (Wildman–Crippen MR) is 138 cm³/mol. The summed E-state index contributed by atoms with van der Waals surface area (Å²) in [6, 6.07) is 18.7. The number of aliphatic imine (C=N–C) groups is 1. The molecule has 2 aromatic carbocycles. The van der Waals surface area contributed by atoms with E-state index in [1.165, 1.54) is 11.1 Å². The zero-order valence-electron chi connectivity index (χ0n) is 19.0. The average Bonchev–Trinajstić information content (AvgIpc) is 2.82. The number of esters is 1. The highest BCUT2D eigenvalue weighted by Gasteiger charge is 2.27. The highest BCUT2D eigenvalue weighted by Crippen LogP contribution is 2.19. The molecule has 0 amide bonds. The quantitative estimate of drug-likeness (QED) is 0.229. The zero-order chi connectivity index (χ0) is 21.9. The number of guanidine groups is 1. The lowest BCUT2D eigenvalue weighted by molar-refractivity contribution is -0.149. The number of rotatable bonds is 8. The van der Waals surface area contributed by atoms with Crippen LogP contribution in [-0.2, 0) is 34.0 Å². The minimum Gasteiger partial charge on any atom is -0.466 e. The van der Waals surface area contributed by atoms with Crippen LogP contribution in [0.25, 0.3) is 0 Å². The molecular weight excluding hydrogens is 517 g/mol. The lowest BCUT2D eigenvalue weighted by Crippen LogP contribution is -2.46. The molecular formula is C25H34IN3O3. The Bertz CT molecular complexity index is 835. The maximum absolute atomic E-state index is 11.9. The van der Waals surface area contributed by atoms with Gasteiger partial charge in [0, 0.05) is 26.7 Å². The minimum atomic E-state index is -0.0714. The van der Waals surface area contributed by atoms with E-state index in [2.05, 4.69) is 51.6 Å². The Morgan fingerprint density at radius 1 is 1.00 bits per heavy atom. The van der Waals surface area contributed by atoms with Crippen molar-refractivity contribution < 1.29 is 14.3 Å². The van der Waals surface area contributed by atoms with Gasteiger partial charge in [0.05, 0.1) is 25.7 Å². The van der Waals surface area contributed by atoms with Gasteiger partial charge in [0.2, 0.25) is 0 Å². The summed E-state index contributed by atoms with van der Waals surface area (Å²) in [6.07, 6.45) is 1.61. The van der Waals surface area contributed by atoms with Gasteiger partial charge in [-0.3, -0.25) is 9.79 Å². The summed E-state index contributed by atoms with van der Waals surface area (Å²) in [5.74, 6) is 0.807. The molecule has 1 N–H and O–H groups in total. The van der Waals surface area contributed by atoms with Gasteiger partial charge in [0.15, 0.2) is 5.96 Å². The summed E-state index contributed by atoms with van der Waals surface area (Å²) in [5.41, 5.74) is 3.53. The monoisotopic (exact) mass is 551 g/mol. The van der Waals surface area contributed by atoms with E-state index >= 15 is 0 Å². The number of benzene rings is 2. The Morgan fingerprint density at radius 2 is 1.59 bits per heavy atom. The predicted octanol–water partition coefficient (Wildman–Crippen LogP) is 4.37. The van der Waals surface area contributed by atoms with Gasteiger partial charge in [0.25, 0.3) is 0 Å². The molecule has 1 aliphatic rings. The van der Waals surface area contributed by atoms with E-state index in [0.29, 0.717) is 26.4 Å². The molecule has 0 atom stereocenters. The molecule has 1 aliphatic heterocycles. The van der Waals surface area contributed by atoms with Crippen molar-refractivity contribution in [2.24, 2.45) is 10.9 Å². The van der Waals surface area contributed by atoms with Crippen molar-refractivity contribution in [3.05, 3.63) is 71.3 Å². The van der Waals surface area contributed by atoms with Crippen molar-refractivity contribution in [1.29, 1.82) is 0 Å². The number of halogens is 1. The number of hydrogen-bond donors (Lipinski definition) is 1. The minimum absolute atomic E-state index is 0. The summed E-state index contributed by atoms with van der Waals surface area (Å²) in [7, 11) is 1.80. The molecule has 0 aliphatic carbocycles. The Kier molecular flexibility index (Phi) is 11.5. The molecule has 6 nitrogen and oxygen atoms in total. The third kappa shape index (κ3) is 8.09. The normalized spacial score (nSPS) is 14.6. The van der Waals surface area contributed by atoms with Crippen LogP contribution in [0.4, 0.5) is 0 Å². The number of hydrogen-bond acceptors (Lipinski definition) is 4. The molecule has 0 unspecified atom stereocenters. The third-order valence-corrected chi connectivity index (χ3v) is 5.48. The molecule has 7 heteroatoms. The molecule has 0 radical (unpaired) electrons. The van der Waals surface area contributed by atoms with Gasteiger partial charge < -0.3 is 19.7 Å². The number of nitrogens with one attached hydrogen (secondary N) is 1. The maximum Gasteiger partial charge on any atom is 0.309 e. The highest BCUT2D eigenvalue weighted by atomic mass is 127. The van der Waals surface area contributed by atoms with Crippen LogP contribution in [0.1, 0.15) is 36.5 Å². The van der Waals surface area contributed by atoms with Crippen LogP contribution in [0, 0.1) is 5.92 Å². The molecule has 1 saturated heterocycles. The van der Waals surface area contributed by atoms with E-state index in [-0.39, 0.29) is 35.9 Å². The lowest BCUT2D eigenvalue weighted by Gasteiger charge is -2.33. The first-order valence-electron chi connectivity index (χ1n) is 11.0. The van der Waals surface area contributed by atoms with E-state index in [9.17, 15) is 4.79 Å². The van der Waals surface area contributed by atoms with Crippen LogP contribution in [0.15, 0.2) is 59.6 Å². The Hall–Kier alpha value is -2.13. The zero-order valence-corrected chi connectivity index (χ0v) is 21.3. The molecule has 1 fully saturated rings. The number of ether oxygens (including phenoxy) is 2. The number of piperidine rings is 1. The Labute approximate surface area is 208 Å². The van der Waals surface area contributed by atoms with Crippen LogP contribution < -0.4 is 5.32 Å². The van der Waals surface area contributed by atoms with E-state index in [0.717, 1.165) is 37.5 Å². The van der Waals surface area contributed by atoms with E-state index in [4.69, 9.17) is 9.47 Å². The number of nitrogens with zero attached hydrogens (tertiary/aromatic N) is 2. The fourth-order valence-corrected chi connectivity index (χ4v) is 3.71. The summed E-state index contributed by atoms with van der Waals surface area (Å²) >= 11 is 0. The standard InChI is InChI=1S/C25H33N3O3.HI/c1-3-31-24(29)23-13-15-28(16-14-23)25(26-2)27-17-20-9-11-22(12-10-20)19-30-18-21-7-5-4-6-8-21;/h4-12,23H,3,13-19H2,1-2H3,(H,26,27);1H. The Balaban J connectivity index is 0.00000363. The van der Waals surface area contributed by atoms with Crippen LogP contribution in [0.5, 0.6) is 0 Å². The van der Waals surface area contributed by atoms with Gasteiger partial charge >= 0.3 is 5.97 Å². The van der Waals surface area contributed by atoms with Crippen LogP contribution >= 0.6 is 24.0 Å². The molecule has 32 heavy (non-hydrogen) atoms. The summed E-state index contributed by atoms with van der Waals surface area (Å²) in [6.45, 7) is 5.83. The summed E-state index contributed by atoms with van der Waals surface area (Å²) < 4.78 is 11.0. The van der Waals surface area contributed by atoms with Crippen LogP contribution in [0.2, 0.25) is 0 Å². The molecule has 0 aromatic heterocycles. The number of carbonyl (C=O) groups is 1. The lowest BCUT2D eigenvalue weighted by atomic mass is 9.97. The first-order valence-corrected chi connectivity index (χ1v) is 11.0. The molecule has 174 valence electrons. The fourth-order valence-electron chi connectivity index (χ4n) is 3.71. The molecule has 3 rings (SSSR count). The first-order chi connectivity index (χ1) is 15.2. The SMILES string of the molecule is CCOC(=O)C1CCN(C(=NC)NCc2ccc(COCc3ccccc3)cc2)CC1.I. The van der Waals surface area contributed by atoms with Crippen molar-refractivity contribution in [3.8, 4) is 0 Å². The fraction of sp³-hybridized carbons (Fsp3) is 0.440. The van der Waals surface area contributed by atoms with Crippen LogP contribution in [-0.4, -0.2) is 43.6 Å². The number of carbonyl (C=O) groups excluding carboxylic acids is 1. The van der Waals surface area contributed by atoms with Gasteiger partial charge in [-0.25, -0.2) is 0 Å². The first kappa shape index (κ1) is 26.1. The van der Waals surface area contributed by atoms with Gasteiger partial charge in [-0.15, -0.1) is 24.0 Å². The van der Waals surface area contributed by atoms with Gasteiger partial charge in [-0.05, 0) is 36.5 Å². The van der Waals surface area contributed by atoms with E-state index < -0.39 is 0 Å². The van der Waals surface area contributed by atoms with Crippen molar-refractivity contribution in [2.75, 3.05) is 26.7 Å². The van der Waals surface area contributed by atoms with Gasteiger partial charge in [0.1, 0.15) is 0 Å². The molecule has 0 spiro atoms. The second kappa shape index (κ2) is 14.1. The summed E-state index contributed by atoms with van der Waals surface area (Å²) in [5, 5.41) is 3.44. The smallest absolute Gasteiger partial charge is 0.309 e.